The molecule has 6 heteroatoms. The Kier molecular flexibility index (Phi) is 5.72. The number of piperidine rings is 1. The van der Waals surface area contributed by atoms with E-state index in [0.717, 1.165) is 18.8 Å². The Morgan fingerprint density at radius 3 is 2.83 bits per heavy atom. The number of hydrogen-bond acceptors (Lipinski definition) is 5. The van der Waals surface area contributed by atoms with Crippen LogP contribution in [0, 0.1) is 0 Å². The number of nitrogens with zero attached hydrogens (tertiary/aromatic N) is 1. The molecule has 3 rings (SSSR count). The van der Waals surface area contributed by atoms with E-state index in [1.54, 1.807) is 25.5 Å². The molecule has 1 amide bonds. The Labute approximate surface area is 141 Å². The van der Waals surface area contributed by atoms with Gasteiger partial charge in [-0.05, 0) is 50.2 Å². The van der Waals surface area contributed by atoms with Gasteiger partial charge in [0.25, 0.3) is 5.91 Å². The fourth-order valence-electron chi connectivity index (χ4n) is 3.12. The molecule has 1 N–H and O–H groups in total. The number of amides is 1. The van der Waals surface area contributed by atoms with Crippen LogP contribution in [-0.4, -0.2) is 37.6 Å². The topological polar surface area (TPSA) is 67.8 Å². The molecule has 1 saturated heterocycles. The van der Waals surface area contributed by atoms with Crippen molar-refractivity contribution in [3.05, 3.63) is 47.8 Å². The highest BCUT2D eigenvalue weighted by Gasteiger charge is 2.25. The highest BCUT2D eigenvalue weighted by Crippen LogP contribution is 2.24. The third-order valence-corrected chi connectivity index (χ3v) is 4.33. The third-order valence-electron chi connectivity index (χ3n) is 4.33. The second-order valence-electron chi connectivity index (χ2n) is 6.04. The van der Waals surface area contributed by atoms with Gasteiger partial charge in [-0.15, -0.1) is 0 Å². The van der Waals surface area contributed by atoms with Gasteiger partial charge in [0, 0.05) is 13.7 Å². The number of carbonyl (C=O) groups is 1. The Morgan fingerprint density at radius 1 is 1.29 bits per heavy atom. The largest absolute Gasteiger partial charge is 0.468 e. The molecule has 0 radical (unpaired) electrons. The van der Waals surface area contributed by atoms with Crippen LogP contribution >= 0.6 is 0 Å². The summed E-state index contributed by atoms with van der Waals surface area (Å²) in [4.78, 5) is 14.7. The minimum absolute atomic E-state index is 0.0534. The van der Waals surface area contributed by atoms with Crippen molar-refractivity contribution in [2.45, 2.75) is 31.9 Å². The molecule has 3 heterocycles. The predicted octanol–water partition coefficient (Wildman–Crippen LogP) is 2.98. The molecule has 0 aromatic carbocycles. The summed E-state index contributed by atoms with van der Waals surface area (Å²) >= 11 is 0. The van der Waals surface area contributed by atoms with Crippen molar-refractivity contribution in [1.82, 2.24) is 10.2 Å². The summed E-state index contributed by atoms with van der Waals surface area (Å²) in [7, 11) is 1.59. The fraction of sp³-hybridized carbons (Fsp3) is 0.500. The number of rotatable bonds is 7. The number of ether oxygens (including phenoxy) is 1. The first kappa shape index (κ1) is 16.8. The van der Waals surface area contributed by atoms with Crippen molar-refractivity contribution in [3.8, 4) is 0 Å². The maximum atomic E-state index is 12.3. The van der Waals surface area contributed by atoms with Gasteiger partial charge in [-0.25, -0.2) is 0 Å². The van der Waals surface area contributed by atoms with Crippen LogP contribution < -0.4 is 5.32 Å². The summed E-state index contributed by atoms with van der Waals surface area (Å²) in [6.45, 7) is 2.91. The molecule has 0 spiro atoms. The number of carbonyl (C=O) groups excluding carboxylic acids is 1. The first-order valence-corrected chi connectivity index (χ1v) is 8.41. The van der Waals surface area contributed by atoms with Gasteiger partial charge in [-0.2, -0.15) is 0 Å². The normalized spacial score (nSPS) is 16.9. The van der Waals surface area contributed by atoms with Crippen LogP contribution in [0.1, 0.15) is 47.4 Å². The number of furan rings is 2. The van der Waals surface area contributed by atoms with E-state index in [1.165, 1.54) is 19.3 Å². The summed E-state index contributed by atoms with van der Waals surface area (Å²) < 4.78 is 16.1. The average molecular weight is 332 g/mol. The molecule has 24 heavy (non-hydrogen) atoms. The Hall–Kier alpha value is -2.05. The van der Waals surface area contributed by atoms with Crippen LogP contribution in [0.4, 0.5) is 0 Å². The smallest absolute Gasteiger partial charge is 0.287 e. The van der Waals surface area contributed by atoms with Crippen molar-refractivity contribution in [3.63, 3.8) is 0 Å². The number of nitrogens with one attached hydrogen (secondary N) is 1. The first-order chi connectivity index (χ1) is 11.8. The van der Waals surface area contributed by atoms with E-state index >= 15 is 0 Å². The Bertz CT molecular complexity index is 629. The van der Waals surface area contributed by atoms with Crippen LogP contribution in [0.3, 0.4) is 0 Å². The molecule has 130 valence electrons. The molecular formula is C18H24N2O4. The molecule has 2 aromatic heterocycles. The van der Waals surface area contributed by atoms with Gasteiger partial charge in [0.2, 0.25) is 0 Å². The van der Waals surface area contributed by atoms with Gasteiger partial charge in [0.15, 0.2) is 5.76 Å². The lowest BCUT2D eigenvalue weighted by atomic mass is 10.1. The lowest BCUT2D eigenvalue weighted by Gasteiger charge is -2.33. The minimum Gasteiger partial charge on any atom is -0.468 e. The van der Waals surface area contributed by atoms with Gasteiger partial charge in [-0.3, -0.25) is 9.69 Å². The second kappa shape index (κ2) is 8.17. The summed E-state index contributed by atoms with van der Waals surface area (Å²) in [6, 6.07) is 7.34. The molecule has 0 saturated carbocycles. The van der Waals surface area contributed by atoms with Gasteiger partial charge in [-0.1, -0.05) is 6.42 Å². The zero-order chi connectivity index (χ0) is 16.8. The highest BCUT2D eigenvalue weighted by molar-refractivity contribution is 5.91. The minimum atomic E-state index is -0.217. The maximum Gasteiger partial charge on any atom is 0.287 e. The summed E-state index contributed by atoms with van der Waals surface area (Å²) in [6.07, 6.45) is 5.31. The van der Waals surface area contributed by atoms with Crippen LogP contribution in [-0.2, 0) is 11.3 Å². The van der Waals surface area contributed by atoms with E-state index in [0.29, 0.717) is 24.7 Å². The second-order valence-corrected chi connectivity index (χ2v) is 6.04. The Balaban J connectivity index is 1.63. The van der Waals surface area contributed by atoms with Gasteiger partial charge in [0.1, 0.15) is 18.1 Å². The first-order valence-electron chi connectivity index (χ1n) is 8.41. The van der Waals surface area contributed by atoms with E-state index in [-0.39, 0.29) is 11.9 Å². The van der Waals surface area contributed by atoms with Crippen molar-refractivity contribution < 1.29 is 18.4 Å². The molecule has 1 aliphatic rings. The van der Waals surface area contributed by atoms with Crippen LogP contribution in [0.25, 0.3) is 0 Å². The van der Waals surface area contributed by atoms with Gasteiger partial charge >= 0.3 is 0 Å². The van der Waals surface area contributed by atoms with E-state index in [4.69, 9.17) is 13.6 Å². The van der Waals surface area contributed by atoms with E-state index < -0.39 is 0 Å². The van der Waals surface area contributed by atoms with Crippen molar-refractivity contribution >= 4 is 5.91 Å². The van der Waals surface area contributed by atoms with Crippen molar-refractivity contribution in [2.75, 3.05) is 26.7 Å². The molecule has 0 aliphatic carbocycles. The van der Waals surface area contributed by atoms with Crippen molar-refractivity contribution in [2.24, 2.45) is 0 Å². The lowest BCUT2D eigenvalue weighted by Crippen LogP contribution is -2.40. The molecule has 1 unspecified atom stereocenters. The summed E-state index contributed by atoms with van der Waals surface area (Å²) in [5, 5.41) is 2.96. The predicted molar refractivity (Wildman–Crippen MR) is 88.6 cm³/mol. The van der Waals surface area contributed by atoms with Crippen LogP contribution in [0.15, 0.2) is 39.4 Å². The molecule has 1 aliphatic heterocycles. The monoisotopic (exact) mass is 332 g/mol. The zero-order valence-electron chi connectivity index (χ0n) is 14.0. The van der Waals surface area contributed by atoms with Gasteiger partial charge in [0.05, 0.1) is 12.3 Å². The van der Waals surface area contributed by atoms with E-state index in [2.05, 4.69) is 10.2 Å². The lowest BCUT2D eigenvalue weighted by molar-refractivity contribution is 0.0879. The van der Waals surface area contributed by atoms with Gasteiger partial charge < -0.3 is 18.9 Å². The fourth-order valence-corrected chi connectivity index (χ4v) is 3.12. The number of hydrogen-bond donors (Lipinski definition) is 1. The highest BCUT2D eigenvalue weighted by atomic mass is 16.5. The standard InChI is InChI=1S/C18H24N2O4/c1-22-13-14-7-8-17(24-14)18(21)19-12-15(16-6-5-11-23-16)20-9-3-2-4-10-20/h5-8,11,15H,2-4,9-10,12-13H2,1H3,(H,19,21). The maximum absolute atomic E-state index is 12.3. The molecule has 0 bridgehead atoms. The zero-order valence-corrected chi connectivity index (χ0v) is 14.0. The van der Waals surface area contributed by atoms with Crippen LogP contribution in [0.5, 0.6) is 0 Å². The summed E-state index contributed by atoms with van der Waals surface area (Å²) in [5.41, 5.74) is 0. The third kappa shape index (κ3) is 4.07. The summed E-state index contributed by atoms with van der Waals surface area (Å²) in [5.74, 6) is 1.61. The van der Waals surface area contributed by atoms with E-state index in [1.807, 2.05) is 12.1 Å². The SMILES string of the molecule is COCc1ccc(C(=O)NCC(c2ccco2)N2CCCCC2)o1. The van der Waals surface area contributed by atoms with E-state index in [9.17, 15) is 4.79 Å². The molecular weight excluding hydrogens is 308 g/mol. The molecule has 1 fully saturated rings. The quantitative estimate of drug-likeness (QED) is 0.844. The molecule has 2 aromatic rings. The van der Waals surface area contributed by atoms with Crippen LogP contribution in [0.2, 0.25) is 0 Å². The average Bonchev–Trinajstić information content (AvgIpc) is 3.28. The molecule has 6 nitrogen and oxygen atoms in total. The number of methoxy groups -OCH3 is 1. The Morgan fingerprint density at radius 2 is 2.12 bits per heavy atom. The van der Waals surface area contributed by atoms with Crippen molar-refractivity contribution in [1.29, 1.82) is 0 Å². The molecule has 1 atom stereocenters. The number of likely N-dealkylation sites (tertiary alicyclic amines) is 1.